The van der Waals surface area contributed by atoms with E-state index in [0.717, 1.165) is 24.6 Å². The summed E-state index contributed by atoms with van der Waals surface area (Å²) < 4.78 is 18.5. The number of benzene rings is 1. The molecule has 4 amide bonds. The minimum absolute atomic E-state index is 0.141. The smallest absolute Gasteiger partial charge is 0.407 e. The maximum atomic E-state index is 13.6. The molecule has 2 fully saturated rings. The third-order valence-electron chi connectivity index (χ3n) is 10.3. The number of aromatic amines is 2. The van der Waals surface area contributed by atoms with Crippen molar-refractivity contribution >= 4 is 46.8 Å². The Labute approximate surface area is 335 Å². The first kappa shape index (κ1) is 40.7. The lowest BCUT2D eigenvalue weighted by molar-refractivity contribution is -0.136. The molecule has 0 spiro atoms. The summed E-state index contributed by atoms with van der Waals surface area (Å²) in [6, 6.07) is 1.66. The molecule has 1 aromatic carbocycles. The highest BCUT2D eigenvalue weighted by Gasteiger charge is 2.41. The Kier molecular flexibility index (Phi) is 12.5. The highest BCUT2D eigenvalue weighted by Crippen LogP contribution is 2.36. The number of alkyl carbamates (subject to hydrolysis) is 2. The summed E-state index contributed by atoms with van der Waals surface area (Å²) in [5.74, 6) is 13.8. The molecule has 5 heterocycles. The number of H-pyrrole nitrogens is 2. The third kappa shape index (κ3) is 9.05. The zero-order valence-corrected chi connectivity index (χ0v) is 34.1. The quantitative estimate of drug-likeness (QED) is 0.184. The predicted molar refractivity (Wildman–Crippen MR) is 211 cm³/mol. The van der Waals surface area contributed by atoms with Crippen molar-refractivity contribution in [3.63, 3.8) is 0 Å². The van der Waals surface area contributed by atoms with Crippen molar-refractivity contribution in [2.45, 2.75) is 78.6 Å². The highest BCUT2D eigenvalue weighted by molar-refractivity contribution is 7.00. The Morgan fingerprint density at radius 1 is 0.719 bits per heavy atom. The van der Waals surface area contributed by atoms with E-state index in [2.05, 4.69) is 76.8 Å². The van der Waals surface area contributed by atoms with Gasteiger partial charge in [-0.2, -0.15) is 8.75 Å². The average Bonchev–Trinajstić information content (AvgIpc) is 4.04. The number of aromatic nitrogens is 6. The lowest BCUT2D eigenvalue weighted by Gasteiger charge is -2.30. The molecule has 6 unspecified atom stereocenters. The minimum atomic E-state index is -0.732. The lowest BCUT2D eigenvalue weighted by atomic mass is 10.0. The summed E-state index contributed by atoms with van der Waals surface area (Å²) in [5.41, 5.74) is 3.75. The van der Waals surface area contributed by atoms with Crippen LogP contribution in [0.2, 0.25) is 0 Å². The van der Waals surface area contributed by atoms with Crippen molar-refractivity contribution in [2.24, 2.45) is 23.7 Å². The van der Waals surface area contributed by atoms with Crippen LogP contribution in [-0.4, -0.2) is 102 Å². The zero-order valence-electron chi connectivity index (χ0n) is 33.3. The highest BCUT2D eigenvalue weighted by atomic mass is 32.1. The largest absolute Gasteiger partial charge is 0.453 e. The Morgan fingerprint density at radius 2 is 1.12 bits per heavy atom. The fraction of sp³-hybridized carbons (Fsp3) is 0.500. The van der Waals surface area contributed by atoms with E-state index in [4.69, 9.17) is 9.47 Å². The monoisotopic (exact) mass is 796 g/mol. The van der Waals surface area contributed by atoms with Gasteiger partial charge in [-0.3, -0.25) is 9.59 Å². The van der Waals surface area contributed by atoms with E-state index in [0.29, 0.717) is 58.3 Å². The fourth-order valence-electron chi connectivity index (χ4n) is 7.33. The maximum Gasteiger partial charge on any atom is 0.407 e. The molecule has 0 saturated carbocycles. The molecule has 2 aliphatic rings. The third-order valence-corrected chi connectivity index (χ3v) is 10.8. The van der Waals surface area contributed by atoms with Crippen LogP contribution in [-0.2, 0) is 19.1 Å². The number of nitrogens with zero attached hydrogens (tertiary/aromatic N) is 6. The first-order valence-corrected chi connectivity index (χ1v) is 19.7. The summed E-state index contributed by atoms with van der Waals surface area (Å²) in [7, 11) is 2.55. The van der Waals surface area contributed by atoms with Gasteiger partial charge >= 0.3 is 12.2 Å². The number of nitrogens with one attached hydrogen (secondary N) is 4. The minimum Gasteiger partial charge on any atom is -0.453 e. The second kappa shape index (κ2) is 17.5. The average molecular weight is 797 g/mol. The van der Waals surface area contributed by atoms with Crippen LogP contribution in [0.25, 0.3) is 11.0 Å². The Morgan fingerprint density at radius 3 is 1.49 bits per heavy atom. The molecular weight excluding hydrogens is 749 g/mol. The summed E-state index contributed by atoms with van der Waals surface area (Å²) in [6.07, 6.45) is 3.44. The maximum absolute atomic E-state index is 13.6. The Hall–Kier alpha value is -5.94. The van der Waals surface area contributed by atoms with E-state index < -0.39 is 24.3 Å². The molecule has 4 aromatic rings. The van der Waals surface area contributed by atoms with E-state index in [1.165, 1.54) is 14.2 Å². The van der Waals surface area contributed by atoms with Gasteiger partial charge < -0.3 is 39.9 Å². The second-order valence-electron chi connectivity index (χ2n) is 15.4. The summed E-state index contributed by atoms with van der Waals surface area (Å²) in [5, 5.41) is 5.36. The van der Waals surface area contributed by atoms with Gasteiger partial charge in [0.2, 0.25) is 11.8 Å². The normalized spacial score (nSPS) is 20.1. The molecule has 2 aliphatic heterocycles. The van der Waals surface area contributed by atoms with E-state index in [-0.39, 0.29) is 47.6 Å². The first-order chi connectivity index (χ1) is 27.3. The topological polar surface area (TPSA) is 200 Å². The molecule has 300 valence electrons. The van der Waals surface area contributed by atoms with Crippen LogP contribution in [0, 0.1) is 47.4 Å². The number of likely N-dealkylation sites (tertiary alicyclic amines) is 2. The Balaban J connectivity index is 1.17. The number of hydrogen-bond acceptors (Lipinski definition) is 11. The van der Waals surface area contributed by atoms with Crippen molar-refractivity contribution in [2.75, 3.05) is 27.3 Å². The molecule has 57 heavy (non-hydrogen) atoms. The molecule has 6 atom stereocenters. The first-order valence-electron chi connectivity index (χ1n) is 19.0. The second-order valence-corrected chi connectivity index (χ2v) is 15.9. The van der Waals surface area contributed by atoms with Gasteiger partial charge in [-0.15, -0.1) is 0 Å². The van der Waals surface area contributed by atoms with Crippen molar-refractivity contribution in [3.8, 4) is 23.7 Å². The van der Waals surface area contributed by atoms with Crippen molar-refractivity contribution in [1.29, 1.82) is 0 Å². The molecule has 0 bridgehead atoms. The van der Waals surface area contributed by atoms with Crippen molar-refractivity contribution in [3.05, 3.63) is 58.7 Å². The van der Waals surface area contributed by atoms with E-state index in [9.17, 15) is 19.2 Å². The number of ether oxygens (including phenoxy) is 2. The molecule has 0 radical (unpaired) electrons. The van der Waals surface area contributed by atoms with E-state index in [1.54, 1.807) is 22.2 Å². The predicted octanol–water partition coefficient (Wildman–Crippen LogP) is 4.52. The van der Waals surface area contributed by atoms with Crippen LogP contribution < -0.4 is 10.6 Å². The molecule has 16 nitrogen and oxygen atoms in total. The van der Waals surface area contributed by atoms with Gasteiger partial charge in [-0.25, -0.2) is 19.6 Å². The fourth-order valence-corrected chi connectivity index (χ4v) is 7.90. The van der Waals surface area contributed by atoms with Gasteiger partial charge in [0.15, 0.2) is 0 Å². The molecule has 4 N–H and O–H groups in total. The van der Waals surface area contributed by atoms with Gasteiger partial charge in [0, 0.05) is 13.1 Å². The molecule has 6 rings (SSSR count). The molecule has 2 saturated heterocycles. The number of methoxy groups -OCH3 is 2. The number of imidazole rings is 2. The van der Waals surface area contributed by atoms with Crippen LogP contribution >= 0.6 is 11.7 Å². The van der Waals surface area contributed by atoms with Crippen molar-refractivity contribution < 1.29 is 28.7 Å². The number of carbonyl (C=O) groups excluding carboxylic acids is 4. The van der Waals surface area contributed by atoms with Crippen LogP contribution in [0.1, 0.15) is 101 Å². The van der Waals surface area contributed by atoms with Gasteiger partial charge in [-0.1, -0.05) is 53.4 Å². The van der Waals surface area contributed by atoms with Crippen LogP contribution in [0.15, 0.2) is 24.5 Å². The number of hydrogen-bond donors (Lipinski definition) is 4. The van der Waals surface area contributed by atoms with Crippen LogP contribution in [0.4, 0.5) is 9.59 Å². The SMILES string of the molecule is COC(=O)NC(C(=O)N1CC(C)CC1c1ncc(C#Cc2ccc(C#Cc3cnc(C4CC(C)CN4C(=O)C(NC(=O)OC)C(C)C)[nH]3)c3nsnc23)[nH]1)C(C)C. The summed E-state index contributed by atoms with van der Waals surface area (Å²) >= 11 is 1.07. The molecule has 17 heteroatoms. The van der Waals surface area contributed by atoms with Crippen LogP contribution in [0.3, 0.4) is 0 Å². The zero-order chi connectivity index (χ0) is 41.0. The van der Waals surface area contributed by atoms with E-state index in [1.807, 2.05) is 39.8 Å². The number of fused-ring (bicyclic) bond motifs is 1. The van der Waals surface area contributed by atoms with Gasteiger partial charge in [-0.05, 0) is 60.5 Å². The standard InChI is InChI=1S/C40H48N10O6S/c1-21(2)31(45-39(53)55-7)37(51)49-19-23(5)15-29(49)35-41-17-27(43-35)13-11-25-9-10-26(34-33(25)47-57-48-34)12-14-28-18-42-36(44-28)30-16-24(6)20-50(30)38(52)32(22(3)4)46-40(54)56-8/h9-10,17-18,21-24,29-32H,15-16,19-20H2,1-8H3,(H,41,43)(H,42,44)(H,45,53)(H,46,54). The Bertz CT molecular complexity index is 2100. The van der Waals surface area contributed by atoms with E-state index >= 15 is 0 Å². The summed E-state index contributed by atoms with van der Waals surface area (Å²) in [6.45, 7) is 12.8. The van der Waals surface area contributed by atoms with Gasteiger partial charge in [0.1, 0.15) is 46.2 Å². The van der Waals surface area contributed by atoms with Gasteiger partial charge in [0.25, 0.3) is 0 Å². The number of rotatable bonds is 8. The molecule has 0 aliphatic carbocycles. The number of amides is 4. The lowest BCUT2D eigenvalue weighted by Crippen LogP contribution is -2.51. The molecular formula is C40H48N10O6S. The van der Waals surface area contributed by atoms with Gasteiger partial charge in [0.05, 0.1) is 61.6 Å². The number of carbonyl (C=O) groups is 4. The summed E-state index contributed by atoms with van der Waals surface area (Å²) in [4.78, 5) is 70.6. The van der Waals surface area contributed by atoms with Crippen molar-refractivity contribution in [1.82, 2.24) is 49.1 Å². The molecule has 3 aromatic heterocycles. The van der Waals surface area contributed by atoms with Crippen LogP contribution in [0.5, 0.6) is 0 Å².